The van der Waals surface area contributed by atoms with Crippen LogP contribution in [0.25, 0.3) is 0 Å². The number of hydrogen-bond donors (Lipinski definition) is 1. The number of nitrogens with one attached hydrogen (secondary N) is 1. The lowest BCUT2D eigenvalue weighted by Gasteiger charge is -2.09. The number of hydrogen-bond acceptors (Lipinski definition) is 3. The molecule has 16 heavy (non-hydrogen) atoms. The van der Waals surface area contributed by atoms with Crippen LogP contribution in [0.3, 0.4) is 0 Å². The van der Waals surface area contributed by atoms with Gasteiger partial charge in [-0.2, -0.15) is 0 Å². The van der Waals surface area contributed by atoms with Crippen molar-refractivity contribution in [2.45, 2.75) is 12.2 Å². The van der Waals surface area contributed by atoms with Crippen LogP contribution in [0, 0.1) is 0 Å². The molecule has 1 heterocycles. The summed E-state index contributed by atoms with van der Waals surface area (Å²) >= 11 is 3.19. The third-order valence-corrected chi connectivity index (χ3v) is 3.84. The van der Waals surface area contributed by atoms with Crippen LogP contribution < -0.4 is 5.32 Å². The van der Waals surface area contributed by atoms with E-state index in [1.54, 1.807) is 24.6 Å². The number of carbonyl (C=O) groups excluding carboxylic acids is 1. The Morgan fingerprint density at radius 3 is 2.94 bits per heavy atom. The Labute approximate surface area is 105 Å². The van der Waals surface area contributed by atoms with E-state index in [-0.39, 0.29) is 11.2 Å². The predicted molar refractivity (Wildman–Crippen MR) is 67.8 cm³/mol. The van der Waals surface area contributed by atoms with E-state index in [1.165, 1.54) is 0 Å². The fourth-order valence-corrected chi connectivity index (χ4v) is 1.68. The lowest BCUT2D eigenvalue weighted by Crippen LogP contribution is -2.32. The van der Waals surface area contributed by atoms with Gasteiger partial charge in [0.1, 0.15) is 4.60 Å². The van der Waals surface area contributed by atoms with Gasteiger partial charge in [-0.15, -0.1) is 0 Å². The Kier molecular flexibility index (Phi) is 5.08. The summed E-state index contributed by atoms with van der Waals surface area (Å²) < 4.78 is 11.7. The summed E-state index contributed by atoms with van der Waals surface area (Å²) in [4.78, 5) is 15.6. The molecule has 88 valence electrons. The summed E-state index contributed by atoms with van der Waals surface area (Å²) in [6.45, 7) is 2.24. The van der Waals surface area contributed by atoms with E-state index in [0.29, 0.717) is 16.7 Å². The van der Waals surface area contributed by atoms with Crippen molar-refractivity contribution in [1.82, 2.24) is 10.3 Å². The van der Waals surface area contributed by atoms with Crippen LogP contribution in [0.15, 0.2) is 22.9 Å². The maximum atomic E-state index is 11.7. The largest absolute Gasteiger partial charge is 0.351 e. The molecule has 1 aromatic rings. The van der Waals surface area contributed by atoms with Crippen LogP contribution in [-0.4, -0.2) is 33.2 Å². The highest BCUT2D eigenvalue weighted by molar-refractivity contribution is 9.10. The minimum Gasteiger partial charge on any atom is -0.351 e. The van der Waals surface area contributed by atoms with Crippen LogP contribution in [0.4, 0.5) is 0 Å². The monoisotopic (exact) mass is 304 g/mol. The smallest absolute Gasteiger partial charge is 0.251 e. The molecule has 0 radical (unpaired) electrons. The first-order valence-electron chi connectivity index (χ1n) is 4.72. The predicted octanol–water partition coefficient (Wildman–Crippen LogP) is 1.34. The Balaban J connectivity index is 2.56. The topological polar surface area (TPSA) is 59.1 Å². The molecule has 0 fully saturated rings. The van der Waals surface area contributed by atoms with Crippen molar-refractivity contribution in [2.24, 2.45) is 0 Å². The van der Waals surface area contributed by atoms with Crippen molar-refractivity contribution in [3.63, 3.8) is 0 Å². The molecule has 0 aliphatic rings. The molecule has 1 N–H and O–H groups in total. The van der Waals surface area contributed by atoms with E-state index < -0.39 is 10.8 Å². The van der Waals surface area contributed by atoms with Crippen LogP contribution in [0.5, 0.6) is 0 Å². The molecule has 0 aliphatic heterocycles. The molecule has 0 bridgehead atoms. The van der Waals surface area contributed by atoms with Crippen molar-refractivity contribution in [1.29, 1.82) is 0 Å². The van der Waals surface area contributed by atoms with E-state index >= 15 is 0 Å². The van der Waals surface area contributed by atoms with Gasteiger partial charge < -0.3 is 5.32 Å². The summed E-state index contributed by atoms with van der Waals surface area (Å²) in [5.74, 6) is -0.180. The highest BCUT2D eigenvalue weighted by Gasteiger charge is 2.10. The maximum absolute atomic E-state index is 11.7. The first-order valence-corrected chi connectivity index (χ1v) is 7.14. The second-order valence-corrected chi connectivity index (χ2v) is 6.00. The van der Waals surface area contributed by atoms with E-state index in [9.17, 15) is 9.00 Å². The molecule has 0 aliphatic carbocycles. The van der Waals surface area contributed by atoms with Gasteiger partial charge in [-0.3, -0.25) is 9.00 Å². The molecule has 0 spiro atoms. The zero-order chi connectivity index (χ0) is 12.1. The number of nitrogens with zero attached hydrogens (tertiary/aromatic N) is 1. The Hall–Kier alpha value is -0.750. The molecule has 2 atom stereocenters. The lowest BCUT2D eigenvalue weighted by atomic mass is 10.2. The van der Waals surface area contributed by atoms with Gasteiger partial charge in [0.2, 0.25) is 0 Å². The highest BCUT2D eigenvalue weighted by Crippen LogP contribution is 2.07. The van der Waals surface area contributed by atoms with Crippen molar-refractivity contribution >= 4 is 32.6 Å². The average molecular weight is 305 g/mol. The SMILES string of the molecule is CC(CNC(=O)c1ccnc(Br)c1)S(C)=O. The minimum absolute atomic E-state index is 0.0470. The second-order valence-electron chi connectivity index (χ2n) is 3.39. The molecule has 2 unspecified atom stereocenters. The molecular weight excluding hydrogens is 292 g/mol. The van der Waals surface area contributed by atoms with Gasteiger partial charge in [-0.05, 0) is 35.0 Å². The summed E-state index contributed by atoms with van der Waals surface area (Å²) in [5, 5.41) is 2.68. The fourth-order valence-electron chi connectivity index (χ4n) is 1.000. The summed E-state index contributed by atoms with van der Waals surface area (Å²) in [7, 11) is -0.924. The van der Waals surface area contributed by atoms with Gasteiger partial charge in [0, 0.05) is 40.6 Å². The van der Waals surface area contributed by atoms with Gasteiger partial charge in [0.15, 0.2) is 0 Å². The third-order valence-electron chi connectivity index (χ3n) is 2.11. The van der Waals surface area contributed by atoms with E-state index in [4.69, 9.17) is 0 Å². The summed E-state index contributed by atoms with van der Waals surface area (Å²) in [6, 6.07) is 3.27. The van der Waals surface area contributed by atoms with Gasteiger partial charge in [-0.1, -0.05) is 0 Å². The molecular formula is C10H13BrN2O2S. The number of carbonyl (C=O) groups is 1. The molecule has 0 saturated carbocycles. The normalized spacial score (nSPS) is 14.2. The molecule has 0 saturated heterocycles. The van der Waals surface area contributed by atoms with Crippen molar-refractivity contribution in [2.75, 3.05) is 12.8 Å². The standard InChI is InChI=1S/C10H13BrN2O2S/c1-7(16(2)15)6-13-10(14)8-3-4-12-9(11)5-8/h3-5,7H,6H2,1-2H3,(H,13,14). The number of halogens is 1. The third kappa shape index (κ3) is 4.02. The molecule has 1 amide bonds. The molecule has 0 aromatic carbocycles. The summed E-state index contributed by atoms with van der Waals surface area (Å²) in [6.07, 6.45) is 3.18. The van der Waals surface area contributed by atoms with Gasteiger partial charge >= 0.3 is 0 Å². The van der Waals surface area contributed by atoms with Gasteiger partial charge in [-0.25, -0.2) is 4.98 Å². The number of aromatic nitrogens is 1. The minimum atomic E-state index is -0.924. The first-order chi connectivity index (χ1) is 7.50. The number of amides is 1. The van der Waals surface area contributed by atoms with E-state index in [0.717, 1.165) is 0 Å². The molecule has 6 heteroatoms. The summed E-state index contributed by atoms with van der Waals surface area (Å²) in [5.41, 5.74) is 0.538. The Morgan fingerprint density at radius 2 is 2.38 bits per heavy atom. The van der Waals surface area contributed by atoms with Gasteiger partial charge in [0.05, 0.1) is 0 Å². The molecule has 1 aromatic heterocycles. The van der Waals surface area contributed by atoms with Crippen LogP contribution in [0.2, 0.25) is 0 Å². The number of pyridine rings is 1. The van der Waals surface area contributed by atoms with Crippen LogP contribution >= 0.6 is 15.9 Å². The van der Waals surface area contributed by atoms with Crippen LogP contribution in [-0.2, 0) is 10.8 Å². The van der Waals surface area contributed by atoms with Crippen molar-refractivity contribution in [3.05, 3.63) is 28.5 Å². The Bertz CT molecular complexity index is 412. The Morgan fingerprint density at radius 1 is 1.69 bits per heavy atom. The lowest BCUT2D eigenvalue weighted by molar-refractivity contribution is 0.0954. The average Bonchev–Trinajstić information content (AvgIpc) is 2.25. The van der Waals surface area contributed by atoms with E-state index in [2.05, 4.69) is 26.2 Å². The fraction of sp³-hybridized carbons (Fsp3) is 0.400. The highest BCUT2D eigenvalue weighted by atomic mass is 79.9. The zero-order valence-corrected chi connectivity index (χ0v) is 11.5. The van der Waals surface area contributed by atoms with E-state index in [1.807, 2.05) is 6.92 Å². The van der Waals surface area contributed by atoms with Crippen molar-refractivity contribution < 1.29 is 9.00 Å². The first kappa shape index (κ1) is 13.3. The van der Waals surface area contributed by atoms with Crippen LogP contribution in [0.1, 0.15) is 17.3 Å². The quantitative estimate of drug-likeness (QED) is 0.854. The maximum Gasteiger partial charge on any atom is 0.251 e. The molecule has 4 nitrogen and oxygen atoms in total. The number of rotatable bonds is 4. The van der Waals surface area contributed by atoms with Crippen molar-refractivity contribution in [3.8, 4) is 0 Å². The second kappa shape index (κ2) is 6.10. The molecule has 1 rings (SSSR count). The zero-order valence-electron chi connectivity index (χ0n) is 9.07. The van der Waals surface area contributed by atoms with Gasteiger partial charge in [0.25, 0.3) is 5.91 Å².